The lowest BCUT2D eigenvalue weighted by Gasteiger charge is -2.13. The molecule has 0 aliphatic carbocycles. The van der Waals surface area contributed by atoms with Gasteiger partial charge in [-0.2, -0.15) is 4.99 Å². The fourth-order valence-electron chi connectivity index (χ4n) is 3.69. The van der Waals surface area contributed by atoms with Gasteiger partial charge in [0.2, 0.25) is 5.13 Å². The van der Waals surface area contributed by atoms with Crippen LogP contribution in [0.3, 0.4) is 0 Å². The van der Waals surface area contributed by atoms with E-state index in [0.717, 1.165) is 22.4 Å². The number of carbonyl (C=O) groups excluding carboxylic acids is 1. The molecule has 0 radical (unpaired) electrons. The van der Waals surface area contributed by atoms with E-state index in [9.17, 15) is 4.79 Å². The van der Waals surface area contributed by atoms with Crippen molar-refractivity contribution in [3.63, 3.8) is 0 Å². The topological polar surface area (TPSA) is 64.0 Å². The molecule has 1 aromatic heterocycles. The minimum absolute atomic E-state index is 0.116. The Morgan fingerprint density at radius 1 is 1.03 bits per heavy atom. The molecule has 192 valence electrons. The molecule has 5 rings (SSSR count). The summed E-state index contributed by atoms with van der Waals surface area (Å²) in [5.74, 6) is 1.13. The van der Waals surface area contributed by atoms with Gasteiger partial charge in [-0.05, 0) is 60.2 Å². The Hall–Kier alpha value is -3.59. The van der Waals surface area contributed by atoms with Crippen molar-refractivity contribution in [3.05, 3.63) is 99.2 Å². The van der Waals surface area contributed by atoms with Crippen LogP contribution < -0.4 is 9.47 Å². The van der Waals surface area contributed by atoms with Crippen LogP contribution >= 0.6 is 34.7 Å². The predicted octanol–water partition coefficient (Wildman–Crippen LogP) is 7.68. The largest absolute Gasteiger partial charge is 0.490 e. The number of hydrogen-bond donors (Lipinski definition) is 0. The summed E-state index contributed by atoms with van der Waals surface area (Å²) in [7, 11) is 1.72. The third kappa shape index (κ3) is 6.10. The molecule has 0 saturated carbocycles. The first kappa shape index (κ1) is 26.0. The van der Waals surface area contributed by atoms with Crippen molar-refractivity contribution >= 4 is 57.0 Å². The first-order valence-corrected chi connectivity index (χ1v) is 14.0. The van der Waals surface area contributed by atoms with E-state index in [4.69, 9.17) is 21.1 Å². The summed E-state index contributed by atoms with van der Waals surface area (Å²) in [6.45, 7) is 2.80. The van der Waals surface area contributed by atoms with E-state index >= 15 is 0 Å². The Labute approximate surface area is 234 Å². The Balaban J connectivity index is 1.33. The van der Waals surface area contributed by atoms with Crippen LogP contribution in [-0.4, -0.2) is 34.6 Å². The molecule has 6 nitrogen and oxygen atoms in total. The van der Waals surface area contributed by atoms with Crippen molar-refractivity contribution in [1.29, 1.82) is 0 Å². The highest BCUT2D eigenvalue weighted by atomic mass is 35.5. The number of carbonyl (C=O) groups is 1. The maximum Gasteiger partial charge on any atom is 0.266 e. The lowest BCUT2D eigenvalue weighted by atomic mass is 10.1. The molecular formula is C29H24ClN3O3S2. The van der Waals surface area contributed by atoms with Crippen molar-refractivity contribution in [2.75, 3.05) is 13.7 Å². The highest BCUT2D eigenvalue weighted by Crippen LogP contribution is 2.36. The highest BCUT2D eigenvalue weighted by molar-refractivity contribution is 8.18. The molecule has 0 N–H and O–H groups in total. The number of likely N-dealkylation sites (N-methyl/N-ethyl adjacent to an activating group) is 1. The quantitative estimate of drug-likeness (QED) is 0.206. The maximum absolute atomic E-state index is 13.0. The smallest absolute Gasteiger partial charge is 0.266 e. The fourth-order valence-corrected chi connectivity index (χ4v) is 5.53. The lowest BCUT2D eigenvalue weighted by molar-refractivity contribution is -0.121. The minimum Gasteiger partial charge on any atom is -0.490 e. The average Bonchev–Trinajstić information content (AvgIpc) is 3.50. The maximum atomic E-state index is 13.0. The zero-order valence-electron chi connectivity index (χ0n) is 20.8. The van der Waals surface area contributed by atoms with Crippen molar-refractivity contribution in [1.82, 2.24) is 9.88 Å². The molecule has 1 aliphatic heterocycles. The van der Waals surface area contributed by atoms with Crippen LogP contribution in [0, 0.1) is 0 Å². The molecule has 0 unspecified atom stereocenters. The van der Waals surface area contributed by atoms with Crippen LogP contribution in [0.5, 0.6) is 11.5 Å². The van der Waals surface area contributed by atoms with E-state index < -0.39 is 0 Å². The van der Waals surface area contributed by atoms with Crippen molar-refractivity contribution in [2.45, 2.75) is 13.5 Å². The van der Waals surface area contributed by atoms with Crippen molar-refractivity contribution in [2.24, 2.45) is 4.99 Å². The molecule has 1 fully saturated rings. The van der Waals surface area contributed by atoms with Crippen LogP contribution in [0.2, 0.25) is 5.02 Å². The molecule has 2 heterocycles. The second-order valence-electron chi connectivity index (χ2n) is 8.30. The number of aromatic nitrogens is 1. The van der Waals surface area contributed by atoms with Crippen LogP contribution in [0.25, 0.3) is 17.3 Å². The Bertz CT molecular complexity index is 1500. The molecular weight excluding hydrogens is 538 g/mol. The third-order valence-electron chi connectivity index (χ3n) is 5.63. The molecule has 0 spiro atoms. The summed E-state index contributed by atoms with van der Waals surface area (Å²) in [6.07, 6.45) is 1.84. The average molecular weight is 562 g/mol. The van der Waals surface area contributed by atoms with Gasteiger partial charge in [0, 0.05) is 23.0 Å². The van der Waals surface area contributed by atoms with Gasteiger partial charge in [0.25, 0.3) is 5.91 Å². The second kappa shape index (κ2) is 11.9. The Morgan fingerprint density at radius 2 is 1.82 bits per heavy atom. The Morgan fingerprint density at radius 3 is 2.58 bits per heavy atom. The number of thioether (sulfide) groups is 1. The normalized spacial score (nSPS) is 15.4. The van der Waals surface area contributed by atoms with Crippen LogP contribution in [-0.2, 0) is 11.4 Å². The number of ether oxygens (including phenoxy) is 2. The van der Waals surface area contributed by atoms with Gasteiger partial charge in [0.1, 0.15) is 6.61 Å². The third-order valence-corrected chi connectivity index (χ3v) is 7.68. The van der Waals surface area contributed by atoms with Gasteiger partial charge in [-0.1, -0.05) is 60.1 Å². The van der Waals surface area contributed by atoms with Gasteiger partial charge < -0.3 is 9.47 Å². The number of hydrogen-bond acceptors (Lipinski definition) is 7. The minimum atomic E-state index is -0.116. The fraction of sp³-hybridized carbons (Fsp3) is 0.138. The van der Waals surface area contributed by atoms with Gasteiger partial charge in [-0.3, -0.25) is 9.69 Å². The number of halogens is 1. The molecule has 3 aromatic carbocycles. The molecule has 38 heavy (non-hydrogen) atoms. The summed E-state index contributed by atoms with van der Waals surface area (Å²) in [5, 5.41) is 3.85. The Kier molecular flexibility index (Phi) is 8.12. The standard InChI is InChI=1S/C29H24ClN3O3S2/c1-3-35-25-15-20(11-14-24(25)36-17-19-9-12-22(30)13-10-19)16-26-27(34)33(2)29(38-26)32-28-31-23(18-37-28)21-7-5-4-6-8-21/h4-16,18H,3,17H2,1-2H3/b26-16-,32-29+. The number of aliphatic imine (C=N–C) groups is 1. The van der Waals surface area contributed by atoms with Gasteiger partial charge >= 0.3 is 0 Å². The predicted molar refractivity (Wildman–Crippen MR) is 156 cm³/mol. The summed E-state index contributed by atoms with van der Waals surface area (Å²) in [5.41, 5.74) is 3.73. The molecule has 0 atom stereocenters. The monoisotopic (exact) mass is 561 g/mol. The highest BCUT2D eigenvalue weighted by Gasteiger charge is 2.30. The summed E-state index contributed by atoms with van der Waals surface area (Å²) >= 11 is 8.74. The van der Waals surface area contributed by atoms with Crippen LogP contribution in [0.1, 0.15) is 18.1 Å². The van der Waals surface area contributed by atoms with Crippen LogP contribution in [0.4, 0.5) is 5.13 Å². The van der Waals surface area contributed by atoms with E-state index in [1.165, 1.54) is 23.1 Å². The SMILES string of the molecule is CCOc1cc(/C=C2\S/C(=N/c3nc(-c4ccccc4)cs3)N(C)C2=O)ccc1OCc1ccc(Cl)cc1. The molecule has 1 saturated heterocycles. The first-order valence-electron chi connectivity index (χ1n) is 11.9. The van der Waals surface area contributed by atoms with E-state index in [1.54, 1.807) is 11.9 Å². The first-order chi connectivity index (χ1) is 18.5. The van der Waals surface area contributed by atoms with E-state index in [1.807, 2.05) is 91.2 Å². The van der Waals surface area contributed by atoms with Gasteiger partial charge in [-0.15, -0.1) is 11.3 Å². The zero-order valence-corrected chi connectivity index (χ0v) is 23.1. The summed E-state index contributed by atoms with van der Waals surface area (Å²) in [6, 6.07) is 23.1. The van der Waals surface area contributed by atoms with Crippen LogP contribution in [0.15, 0.2) is 88.1 Å². The molecule has 1 aliphatic rings. The number of amides is 1. The van der Waals surface area contributed by atoms with E-state index in [-0.39, 0.29) is 5.91 Å². The van der Waals surface area contributed by atoms with Crippen molar-refractivity contribution in [3.8, 4) is 22.8 Å². The van der Waals surface area contributed by atoms with E-state index in [0.29, 0.717) is 44.9 Å². The molecule has 0 bridgehead atoms. The summed E-state index contributed by atoms with van der Waals surface area (Å²) < 4.78 is 11.8. The van der Waals surface area contributed by atoms with Gasteiger partial charge in [-0.25, -0.2) is 4.98 Å². The van der Waals surface area contributed by atoms with Gasteiger partial charge in [0.15, 0.2) is 16.7 Å². The molecule has 1 amide bonds. The van der Waals surface area contributed by atoms with Gasteiger partial charge in [0.05, 0.1) is 17.2 Å². The second-order valence-corrected chi connectivity index (χ2v) is 10.6. The number of nitrogens with zero attached hydrogens (tertiary/aromatic N) is 3. The lowest BCUT2D eigenvalue weighted by Crippen LogP contribution is -2.23. The number of benzene rings is 3. The number of amidine groups is 1. The zero-order chi connectivity index (χ0) is 26.5. The molecule has 9 heteroatoms. The number of rotatable bonds is 8. The summed E-state index contributed by atoms with van der Waals surface area (Å²) in [4.78, 5) is 24.4. The molecule has 4 aromatic rings. The number of thiazole rings is 1. The van der Waals surface area contributed by atoms with E-state index in [2.05, 4.69) is 9.98 Å². The van der Waals surface area contributed by atoms with Crippen molar-refractivity contribution < 1.29 is 14.3 Å².